The van der Waals surface area contributed by atoms with Gasteiger partial charge in [0.2, 0.25) is 0 Å². The van der Waals surface area contributed by atoms with Crippen LogP contribution in [0.2, 0.25) is 0 Å². The minimum Gasteiger partial charge on any atom is -0.342 e. The Kier molecular flexibility index (Phi) is 5.96. The highest BCUT2D eigenvalue weighted by Gasteiger charge is 2.18. The first kappa shape index (κ1) is 19.2. The third-order valence-electron chi connectivity index (χ3n) is 4.37. The molecule has 6 heteroatoms. The van der Waals surface area contributed by atoms with E-state index >= 15 is 0 Å². The Balaban J connectivity index is 1.65. The number of nitrogens with one attached hydrogen (secondary N) is 1. The highest BCUT2D eigenvalue weighted by Crippen LogP contribution is 2.23. The zero-order chi connectivity index (χ0) is 19.4. The summed E-state index contributed by atoms with van der Waals surface area (Å²) >= 11 is 1.64. The lowest BCUT2D eigenvalue weighted by Gasteiger charge is -2.14. The van der Waals surface area contributed by atoms with Crippen LogP contribution in [0.1, 0.15) is 45.8 Å². The molecule has 3 aromatic rings. The molecular formula is C21H24N4OS. The van der Waals surface area contributed by atoms with Crippen LogP contribution in [0.3, 0.4) is 0 Å². The summed E-state index contributed by atoms with van der Waals surface area (Å²) in [4.78, 5) is 12.5. The normalized spacial score (nSPS) is 12.0. The molecule has 0 aliphatic heterocycles. The van der Waals surface area contributed by atoms with Gasteiger partial charge in [-0.25, -0.2) is 0 Å². The van der Waals surface area contributed by atoms with Gasteiger partial charge < -0.3 is 9.88 Å². The molecule has 140 valence electrons. The zero-order valence-corrected chi connectivity index (χ0v) is 16.9. The van der Waals surface area contributed by atoms with Gasteiger partial charge in [-0.3, -0.25) is 4.79 Å². The molecule has 5 nitrogen and oxygen atoms in total. The number of benzene rings is 2. The van der Waals surface area contributed by atoms with Crippen molar-refractivity contribution in [1.29, 1.82) is 0 Å². The number of rotatable bonds is 6. The SMILES string of the molecule is Cc1ccc(CSc2nnc(C(C)NC(=O)c3cccc(C)c3)n2C)cc1. The lowest BCUT2D eigenvalue weighted by atomic mass is 10.1. The number of carbonyl (C=O) groups is 1. The number of carbonyl (C=O) groups excluding carboxylic acids is 1. The van der Waals surface area contributed by atoms with Crippen molar-refractivity contribution >= 4 is 17.7 Å². The first-order valence-electron chi connectivity index (χ1n) is 8.89. The molecule has 3 rings (SSSR count). The summed E-state index contributed by atoms with van der Waals surface area (Å²) in [6.07, 6.45) is 0. The number of thioether (sulfide) groups is 1. The summed E-state index contributed by atoms with van der Waals surface area (Å²) in [5.74, 6) is 1.46. The molecule has 0 fully saturated rings. The fraction of sp³-hybridized carbons (Fsp3) is 0.286. The molecule has 0 aliphatic carbocycles. The van der Waals surface area contributed by atoms with Gasteiger partial charge >= 0.3 is 0 Å². The smallest absolute Gasteiger partial charge is 0.251 e. The molecule has 1 amide bonds. The number of aromatic nitrogens is 3. The zero-order valence-electron chi connectivity index (χ0n) is 16.1. The summed E-state index contributed by atoms with van der Waals surface area (Å²) < 4.78 is 1.94. The summed E-state index contributed by atoms with van der Waals surface area (Å²) in [5.41, 5.74) is 4.21. The Hall–Kier alpha value is -2.60. The van der Waals surface area contributed by atoms with Crippen LogP contribution in [0, 0.1) is 13.8 Å². The van der Waals surface area contributed by atoms with Gasteiger partial charge in [0, 0.05) is 18.4 Å². The van der Waals surface area contributed by atoms with Crippen molar-refractivity contribution in [2.45, 2.75) is 37.7 Å². The Morgan fingerprint density at radius 2 is 1.85 bits per heavy atom. The molecule has 0 saturated heterocycles. The van der Waals surface area contributed by atoms with Crippen LogP contribution in [0.5, 0.6) is 0 Å². The molecule has 0 bridgehead atoms. The highest BCUT2D eigenvalue weighted by molar-refractivity contribution is 7.98. The van der Waals surface area contributed by atoms with Crippen LogP contribution in [0.25, 0.3) is 0 Å². The van der Waals surface area contributed by atoms with Gasteiger partial charge in [0.1, 0.15) is 0 Å². The third kappa shape index (κ3) is 4.77. The summed E-state index contributed by atoms with van der Waals surface area (Å²) in [6.45, 7) is 5.98. The van der Waals surface area contributed by atoms with E-state index in [1.807, 2.05) is 49.7 Å². The third-order valence-corrected chi connectivity index (χ3v) is 5.46. The van der Waals surface area contributed by atoms with Crippen LogP contribution in [-0.4, -0.2) is 20.7 Å². The molecule has 0 spiro atoms. The Morgan fingerprint density at radius 3 is 2.56 bits per heavy atom. The lowest BCUT2D eigenvalue weighted by molar-refractivity contribution is 0.0937. The summed E-state index contributed by atoms with van der Waals surface area (Å²) in [5, 5.41) is 12.4. The minimum atomic E-state index is -0.232. The van der Waals surface area contributed by atoms with Crippen molar-refractivity contribution in [3.63, 3.8) is 0 Å². The highest BCUT2D eigenvalue weighted by atomic mass is 32.2. The quantitative estimate of drug-likeness (QED) is 0.651. The molecule has 2 aromatic carbocycles. The van der Waals surface area contributed by atoms with Crippen molar-refractivity contribution < 1.29 is 4.79 Å². The van der Waals surface area contributed by atoms with E-state index in [1.165, 1.54) is 11.1 Å². The van der Waals surface area contributed by atoms with Gasteiger partial charge in [0.15, 0.2) is 11.0 Å². The van der Waals surface area contributed by atoms with Crippen molar-refractivity contribution in [2.24, 2.45) is 7.05 Å². The van der Waals surface area contributed by atoms with Gasteiger partial charge in [-0.2, -0.15) is 0 Å². The standard InChI is InChI=1S/C21H24N4OS/c1-14-8-10-17(11-9-14)13-27-21-24-23-19(25(21)4)16(3)22-20(26)18-7-5-6-15(2)12-18/h5-12,16H,13H2,1-4H3,(H,22,26). The molecular weight excluding hydrogens is 356 g/mol. The minimum absolute atomic E-state index is 0.108. The summed E-state index contributed by atoms with van der Waals surface area (Å²) in [6, 6.07) is 15.8. The monoisotopic (exact) mass is 380 g/mol. The first-order chi connectivity index (χ1) is 12.9. The second kappa shape index (κ2) is 8.39. The van der Waals surface area contributed by atoms with Crippen molar-refractivity contribution in [2.75, 3.05) is 0 Å². The fourth-order valence-electron chi connectivity index (χ4n) is 2.79. The topological polar surface area (TPSA) is 59.8 Å². The van der Waals surface area contributed by atoms with Gasteiger partial charge in [0.05, 0.1) is 6.04 Å². The van der Waals surface area contributed by atoms with Gasteiger partial charge in [0.25, 0.3) is 5.91 Å². The van der Waals surface area contributed by atoms with Crippen LogP contribution in [-0.2, 0) is 12.8 Å². The number of aryl methyl sites for hydroxylation is 2. The summed E-state index contributed by atoms with van der Waals surface area (Å²) in [7, 11) is 1.93. The van der Waals surface area contributed by atoms with E-state index in [4.69, 9.17) is 0 Å². The molecule has 1 heterocycles. The van der Waals surface area contributed by atoms with Crippen molar-refractivity contribution in [3.8, 4) is 0 Å². The Bertz CT molecular complexity index is 934. The predicted octanol–water partition coefficient (Wildman–Crippen LogP) is 4.22. The molecule has 0 radical (unpaired) electrons. The van der Waals surface area contributed by atoms with Crippen LogP contribution >= 0.6 is 11.8 Å². The number of hydrogen-bond acceptors (Lipinski definition) is 4. The number of nitrogens with zero attached hydrogens (tertiary/aromatic N) is 3. The van der Waals surface area contributed by atoms with E-state index in [9.17, 15) is 4.79 Å². The molecule has 1 N–H and O–H groups in total. The van der Waals surface area contributed by atoms with Crippen molar-refractivity contribution in [3.05, 3.63) is 76.6 Å². The van der Waals surface area contributed by atoms with Crippen molar-refractivity contribution in [1.82, 2.24) is 20.1 Å². The lowest BCUT2D eigenvalue weighted by Crippen LogP contribution is -2.28. The number of hydrogen-bond donors (Lipinski definition) is 1. The second-order valence-corrected chi connectivity index (χ2v) is 7.68. The van der Waals surface area contributed by atoms with E-state index in [0.717, 1.165) is 22.3 Å². The molecule has 0 aliphatic rings. The molecule has 0 saturated carbocycles. The first-order valence-corrected chi connectivity index (χ1v) is 9.88. The molecule has 1 aromatic heterocycles. The van der Waals surface area contributed by atoms with E-state index in [-0.39, 0.29) is 11.9 Å². The van der Waals surface area contributed by atoms with Crippen LogP contribution in [0.15, 0.2) is 53.7 Å². The average Bonchev–Trinajstić information content (AvgIpc) is 3.02. The fourth-order valence-corrected chi connectivity index (χ4v) is 3.67. The van der Waals surface area contributed by atoms with E-state index < -0.39 is 0 Å². The average molecular weight is 381 g/mol. The van der Waals surface area contributed by atoms with E-state index in [0.29, 0.717) is 5.56 Å². The molecule has 27 heavy (non-hydrogen) atoms. The predicted molar refractivity (Wildman–Crippen MR) is 109 cm³/mol. The van der Waals surface area contributed by atoms with E-state index in [1.54, 1.807) is 11.8 Å². The second-order valence-electron chi connectivity index (χ2n) is 6.74. The molecule has 1 unspecified atom stereocenters. The van der Waals surface area contributed by atoms with Gasteiger partial charge in [-0.15, -0.1) is 10.2 Å². The number of amides is 1. The van der Waals surface area contributed by atoms with Crippen LogP contribution < -0.4 is 5.32 Å². The maximum Gasteiger partial charge on any atom is 0.251 e. The Morgan fingerprint density at radius 1 is 1.11 bits per heavy atom. The largest absolute Gasteiger partial charge is 0.342 e. The molecule has 1 atom stereocenters. The van der Waals surface area contributed by atoms with Gasteiger partial charge in [-0.05, 0) is 38.5 Å². The Labute approximate surface area is 164 Å². The van der Waals surface area contributed by atoms with E-state index in [2.05, 4.69) is 46.7 Å². The van der Waals surface area contributed by atoms with Crippen LogP contribution in [0.4, 0.5) is 0 Å². The van der Waals surface area contributed by atoms with Gasteiger partial charge in [-0.1, -0.05) is 59.3 Å². The maximum absolute atomic E-state index is 12.5. The maximum atomic E-state index is 12.5.